The van der Waals surface area contributed by atoms with Gasteiger partial charge in [0.1, 0.15) is 0 Å². The zero-order chi connectivity index (χ0) is 13.8. The van der Waals surface area contributed by atoms with Crippen LogP contribution in [0.3, 0.4) is 0 Å². The van der Waals surface area contributed by atoms with Gasteiger partial charge in [-0.2, -0.15) is 5.10 Å². The summed E-state index contributed by atoms with van der Waals surface area (Å²) in [4.78, 5) is 0. The van der Waals surface area contributed by atoms with E-state index in [2.05, 4.69) is 42.8 Å². The van der Waals surface area contributed by atoms with Crippen molar-refractivity contribution in [1.82, 2.24) is 15.1 Å². The first-order valence-electron chi connectivity index (χ1n) is 7.45. The molecular formula is C15H27N3O. The quantitative estimate of drug-likeness (QED) is 0.857. The van der Waals surface area contributed by atoms with E-state index >= 15 is 0 Å². The molecule has 1 atom stereocenters. The van der Waals surface area contributed by atoms with Gasteiger partial charge < -0.3 is 10.1 Å². The van der Waals surface area contributed by atoms with Gasteiger partial charge in [0.05, 0.1) is 18.3 Å². The van der Waals surface area contributed by atoms with E-state index in [4.69, 9.17) is 4.74 Å². The van der Waals surface area contributed by atoms with Crippen molar-refractivity contribution in [3.8, 4) is 0 Å². The SMILES string of the molecule is Cc1nn(CC2CCCO2)c(C)c1CCNC(C)C. The maximum atomic E-state index is 5.70. The molecule has 1 fully saturated rings. The summed E-state index contributed by atoms with van der Waals surface area (Å²) in [6, 6.07) is 0.544. The van der Waals surface area contributed by atoms with Crippen LogP contribution in [0.5, 0.6) is 0 Å². The van der Waals surface area contributed by atoms with Crippen molar-refractivity contribution in [1.29, 1.82) is 0 Å². The maximum absolute atomic E-state index is 5.70. The third-order valence-electron chi connectivity index (χ3n) is 3.86. The summed E-state index contributed by atoms with van der Waals surface area (Å²) in [5.41, 5.74) is 3.87. The molecule has 1 aromatic heterocycles. The Morgan fingerprint density at radius 3 is 2.84 bits per heavy atom. The molecule has 1 aliphatic rings. The smallest absolute Gasteiger partial charge is 0.0771 e. The molecule has 0 spiro atoms. The number of aryl methyl sites for hydroxylation is 1. The minimum Gasteiger partial charge on any atom is -0.376 e. The van der Waals surface area contributed by atoms with E-state index in [0.29, 0.717) is 12.1 Å². The highest BCUT2D eigenvalue weighted by atomic mass is 16.5. The Kier molecular flexibility index (Phi) is 4.99. The Hall–Kier alpha value is -0.870. The molecule has 0 aliphatic carbocycles. The fourth-order valence-electron chi connectivity index (χ4n) is 2.74. The zero-order valence-electron chi connectivity index (χ0n) is 12.7. The van der Waals surface area contributed by atoms with Gasteiger partial charge in [0.2, 0.25) is 0 Å². The summed E-state index contributed by atoms with van der Waals surface area (Å²) in [6.45, 7) is 11.5. The molecule has 1 aliphatic heterocycles. The Balaban J connectivity index is 1.97. The van der Waals surface area contributed by atoms with Crippen LogP contribution in [0.15, 0.2) is 0 Å². The number of nitrogens with one attached hydrogen (secondary N) is 1. The predicted molar refractivity (Wildman–Crippen MR) is 77.5 cm³/mol. The van der Waals surface area contributed by atoms with E-state index in [1.54, 1.807) is 0 Å². The molecular weight excluding hydrogens is 238 g/mol. The van der Waals surface area contributed by atoms with Crippen LogP contribution in [-0.2, 0) is 17.7 Å². The number of ether oxygens (including phenoxy) is 1. The van der Waals surface area contributed by atoms with E-state index < -0.39 is 0 Å². The molecule has 0 bridgehead atoms. The molecule has 2 rings (SSSR count). The number of hydrogen-bond donors (Lipinski definition) is 1. The molecule has 19 heavy (non-hydrogen) atoms. The lowest BCUT2D eigenvalue weighted by molar-refractivity contribution is 0.0934. The Morgan fingerprint density at radius 2 is 2.21 bits per heavy atom. The van der Waals surface area contributed by atoms with Gasteiger partial charge in [-0.25, -0.2) is 0 Å². The third-order valence-corrected chi connectivity index (χ3v) is 3.86. The lowest BCUT2D eigenvalue weighted by Crippen LogP contribution is -2.25. The van der Waals surface area contributed by atoms with Crippen molar-refractivity contribution in [3.05, 3.63) is 17.0 Å². The summed E-state index contributed by atoms with van der Waals surface area (Å²) in [5.74, 6) is 0. The van der Waals surface area contributed by atoms with Gasteiger partial charge in [-0.3, -0.25) is 4.68 Å². The molecule has 2 heterocycles. The second-order valence-corrected chi connectivity index (χ2v) is 5.83. The Labute approximate surface area is 116 Å². The number of nitrogens with zero attached hydrogens (tertiary/aromatic N) is 2. The third kappa shape index (κ3) is 3.80. The highest BCUT2D eigenvalue weighted by Gasteiger charge is 2.19. The molecule has 108 valence electrons. The Morgan fingerprint density at radius 1 is 1.42 bits per heavy atom. The summed E-state index contributed by atoms with van der Waals surface area (Å²) in [7, 11) is 0. The topological polar surface area (TPSA) is 39.1 Å². The highest BCUT2D eigenvalue weighted by molar-refractivity contribution is 5.25. The standard InChI is InChI=1S/C15H27N3O/c1-11(2)16-8-7-15-12(3)17-18(13(15)4)10-14-6-5-9-19-14/h11,14,16H,5-10H2,1-4H3. The minimum absolute atomic E-state index is 0.361. The van der Waals surface area contributed by atoms with Crippen LogP contribution in [0.2, 0.25) is 0 Å². The normalized spacial score (nSPS) is 19.5. The molecule has 0 aromatic carbocycles. The van der Waals surface area contributed by atoms with Gasteiger partial charge in [0, 0.05) is 18.3 Å². The first kappa shape index (κ1) is 14.5. The van der Waals surface area contributed by atoms with E-state index in [0.717, 1.165) is 26.1 Å². The van der Waals surface area contributed by atoms with E-state index in [-0.39, 0.29) is 0 Å². The molecule has 1 unspecified atom stereocenters. The van der Waals surface area contributed by atoms with Crippen molar-refractivity contribution in [2.75, 3.05) is 13.2 Å². The molecule has 1 aromatic rings. The van der Waals surface area contributed by atoms with Gasteiger partial charge in [0.25, 0.3) is 0 Å². The fourth-order valence-corrected chi connectivity index (χ4v) is 2.74. The average molecular weight is 265 g/mol. The lowest BCUT2D eigenvalue weighted by atomic mass is 10.1. The molecule has 1 N–H and O–H groups in total. The average Bonchev–Trinajstić information content (AvgIpc) is 2.93. The maximum Gasteiger partial charge on any atom is 0.0771 e. The first-order chi connectivity index (χ1) is 9.08. The van der Waals surface area contributed by atoms with Gasteiger partial charge in [-0.15, -0.1) is 0 Å². The van der Waals surface area contributed by atoms with Crippen LogP contribution in [0, 0.1) is 13.8 Å². The first-order valence-corrected chi connectivity index (χ1v) is 7.45. The molecule has 0 amide bonds. The van der Waals surface area contributed by atoms with Crippen LogP contribution in [-0.4, -0.2) is 35.1 Å². The zero-order valence-corrected chi connectivity index (χ0v) is 12.7. The molecule has 0 saturated carbocycles. The Bertz CT molecular complexity index is 406. The summed E-state index contributed by atoms with van der Waals surface area (Å²) in [6.07, 6.45) is 3.78. The molecule has 4 nitrogen and oxygen atoms in total. The number of rotatable bonds is 6. The summed E-state index contributed by atoms with van der Waals surface area (Å²) >= 11 is 0. The fraction of sp³-hybridized carbons (Fsp3) is 0.800. The van der Waals surface area contributed by atoms with Crippen molar-refractivity contribution in [2.45, 2.75) is 65.6 Å². The van der Waals surface area contributed by atoms with E-state index in [1.807, 2.05) is 0 Å². The van der Waals surface area contributed by atoms with Crippen molar-refractivity contribution in [3.63, 3.8) is 0 Å². The van der Waals surface area contributed by atoms with Gasteiger partial charge in [0.15, 0.2) is 0 Å². The summed E-state index contributed by atoms with van der Waals surface area (Å²) in [5, 5.41) is 8.15. The number of hydrogen-bond acceptors (Lipinski definition) is 3. The van der Waals surface area contributed by atoms with E-state index in [9.17, 15) is 0 Å². The summed E-state index contributed by atoms with van der Waals surface area (Å²) < 4.78 is 7.84. The van der Waals surface area contributed by atoms with Crippen LogP contribution >= 0.6 is 0 Å². The molecule has 0 radical (unpaired) electrons. The highest BCUT2D eigenvalue weighted by Crippen LogP contribution is 2.18. The lowest BCUT2D eigenvalue weighted by Gasteiger charge is -2.11. The second kappa shape index (κ2) is 6.53. The van der Waals surface area contributed by atoms with Crippen LogP contribution in [0.25, 0.3) is 0 Å². The van der Waals surface area contributed by atoms with Crippen LogP contribution in [0.1, 0.15) is 43.6 Å². The molecule has 1 saturated heterocycles. The van der Waals surface area contributed by atoms with Gasteiger partial charge >= 0.3 is 0 Å². The van der Waals surface area contributed by atoms with Crippen molar-refractivity contribution >= 4 is 0 Å². The largest absolute Gasteiger partial charge is 0.376 e. The second-order valence-electron chi connectivity index (χ2n) is 5.83. The van der Waals surface area contributed by atoms with Gasteiger partial charge in [-0.05, 0) is 45.2 Å². The van der Waals surface area contributed by atoms with Crippen LogP contribution in [0.4, 0.5) is 0 Å². The van der Waals surface area contributed by atoms with Crippen molar-refractivity contribution in [2.24, 2.45) is 0 Å². The van der Waals surface area contributed by atoms with Crippen LogP contribution < -0.4 is 5.32 Å². The molecule has 4 heteroatoms. The monoisotopic (exact) mass is 265 g/mol. The van der Waals surface area contributed by atoms with Gasteiger partial charge in [-0.1, -0.05) is 13.8 Å². The minimum atomic E-state index is 0.361. The van der Waals surface area contributed by atoms with E-state index in [1.165, 1.54) is 29.8 Å². The van der Waals surface area contributed by atoms with Crippen molar-refractivity contribution < 1.29 is 4.74 Å². The predicted octanol–water partition coefficient (Wildman–Crippen LogP) is 2.22. The number of aromatic nitrogens is 2.